The highest BCUT2D eigenvalue weighted by molar-refractivity contribution is 9.10. The Kier molecular flexibility index (Phi) is 3.06. The van der Waals surface area contributed by atoms with E-state index in [2.05, 4.69) is 20.9 Å². The second kappa shape index (κ2) is 4.50. The monoisotopic (exact) mass is 294 g/mol. The fraction of sp³-hybridized carbons (Fsp3) is 0. The van der Waals surface area contributed by atoms with Crippen molar-refractivity contribution in [2.45, 2.75) is 0 Å². The Morgan fingerprint density at radius 2 is 2.06 bits per heavy atom. The Hall–Kier alpha value is -1.95. The molecule has 0 saturated carbocycles. The molecule has 1 aromatic heterocycles. The highest BCUT2D eigenvalue weighted by Gasteiger charge is 2.12. The molecule has 0 aliphatic rings. The van der Waals surface area contributed by atoms with Gasteiger partial charge in [0, 0.05) is 28.4 Å². The summed E-state index contributed by atoms with van der Waals surface area (Å²) < 4.78 is 0.797. The van der Waals surface area contributed by atoms with Crippen molar-refractivity contribution in [3.05, 3.63) is 51.1 Å². The normalized spacial score (nSPS) is 10.2. The van der Waals surface area contributed by atoms with Crippen molar-refractivity contribution in [1.29, 1.82) is 0 Å². The Morgan fingerprint density at radius 1 is 1.29 bits per heavy atom. The van der Waals surface area contributed by atoms with Crippen LogP contribution in [0.15, 0.2) is 41.0 Å². The first-order valence-corrected chi connectivity index (χ1v) is 5.46. The molecule has 86 valence electrons. The second-order valence-electron chi connectivity index (χ2n) is 3.32. The SMILES string of the molecule is O=[N+]([O-])c1ccc(O)c(-c2ccc(Br)cn2)c1. The molecule has 5 nitrogen and oxygen atoms in total. The molecule has 1 aromatic carbocycles. The zero-order valence-electron chi connectivity index (χ0n) is 8.50. The third kappa shape index (κ3) is 2.42. The number of phenolic OH excluding ortho intramolecular Hbond substituents is 1. The lowest BCUT2D eigenvalue weighted by Crippen LogP contribution is -1.90. The molecule has 0 unspecified atom stereocenters. The fourth-order valence-corrected chi connectivity index (χ4v) is 1.61. The summed E-state index contributed by atoms with van der Waals surface area (Å²) in [6.07, 6.45) is 1.56. The topological polar surface area (TPSA) is 76.3 Å². The lowest BCUT2D eigenvalue weighted by atomic mass is 10.1. The molecular formula is C11H7BrN2O3. The summed E-state index contributed by atoms with van der Waals surface area (Å²) in [6.45, 7) is 0. The summed E-state index contributed by atoms with van der Waals surface area (Å²) >= 11 is 3.24. The Bertz CT molecular complexity index is 569. The van der Waals surface area contributed by atoms with Crippen molar-refractivity contribution in [2.24, 2.45) is 0 Å². The molecule has 0 aliphatic carbocycles. The van der Waals surface area contributed by atoms with E-state index in [0.29, 0.717) is 11.3 Å². The van der Waals surface area contributed by atoms with Crippen molar-refractivity contribution >= 4 is 21.6 Å². The summed E-state index contributed by atoms with van der Waals surface area (Å²) in [4.78, 5) is 14.2. The molecule has 17 heavy (non-hydrogen) atoms. The lowest BCUT2D eigenvalue weighted by molar-refractivity contribution is -0.384. The quantitative estimate of drug-likeness (QED) is 0.682. The minimum Gasteiger partial charge on any atom is -0.507 e. The van der Waals surface area contributed by atoms with Crippen LogP contribution < -0.4 is 0 Å². The first-order chi connectivity index (χ1) is 8.08. The number of benzene rings is 1. The van der Waals surface area contributed by atoms with Crippen LogP contribution in [-0.2, 0) is 0 Å². The average molecular weight is 295 g/mol. The van der Waals surface area contributed by atoms with Crippen molar-refractivity contribution in [2.75, 3.05) is 0 Å². The van der Waals surface area contributed by atoms with Crippen LogP contribution in [0.1, 0.15) is 0 Å². The molecule has 1 N–H and O–H groups in total. The highest BCUT2D eigenvalue weighted by atomic mass is 79.9. The van der Waals surface area contributed by atoms with Crippen LogP contribution in [0.3, 0.4) is 0 Å². The molecule has 0 saturated heterocycles. The van der Waals surface area contributed by atoms with Gasteiger partial charge < -0.3 is 5.11 Å². The third-order valence-corrected chi connectivity index (χ3v) is 2.66. The second-order valence-corrected chi connectivity index (χ2v) is 4.24. The molecule has 0 bridgehead atoms. The van der Waals surface area contributed by atoms with E-state index in [-0.39, 0.29) is 11.4 Å². The number of nitro benzene ring substituents is 1. The number of aromatic hydroxyl groups is 1. The molecular weight excluding hydrogens is 288 g/mol. The highest BCUT2D eigenvalue weighted by Crippen LogP contribution is 2.31. The number of rotatable bonds is 2. The molecule has 1 heterocycles. The molecule has 0 atom stereocenters. The van der Waals surface area contributed by atoms with E-state index in [1.807, 2.05) is 0 Å². The summed E-state index contributed by atoms with van der Waals surface area (Å²) in [5, 5.41) is 20.3. The summed E-state index contributed by atoms with van der Waals surface area (Å²) in [5.74, 6) is -0.0366. The van der Waals surface area contributed by atoms with Crippen molar-refractivity contribution in [3.8, 4) is 17.0 Å². The van der Waals surface area contributed by atoms with E-state index in [1.165, 1.54) is 18.2 Å². The zero-order valence-corrected chi connectivity index (χ0v) is 10.1. The van der Waals surface area contributed by atoms with Gasteiger partial charge in [-0.15, -0.1) is 0 Å². The van der Waals surface area contributed by atoms with E-state index in [1.54, 1.807) is 18.3 Å². The van der Waals surface area contributed by atoms with E-state index in [4.69, 9.17) is 0 Å². The van der Waals surface area contributed by atoms with Gasteiger partial charge >= 0.3 is 0 Å². The summed E-state index contributed by atoms with van der Waals surface area (Å²) in [5.41, 5.74) is 0.739. The maximum atomic E-state index is 10.6. The third-order valence-electron chi connectivity index (χ3n) is 2.19. The van der Waals surface area contributed by atoms with Crippen LogP contribution in [-0.4, -0.2) is 15.0 Å². The van der Waals surface area contributed by atoms with Crippen LogP contribution >= 0.6 is 15.9 Å². The van der Waals surface area contributed by atoms with Gasteiger partial charge in [-0.3, -0.25) is 15.1 Å². The lowest BCUT2D eigenvalue weighted by Gasteiger charge is -2.03. The van der Waals surface area contributed by atoms with Gasteiger partial charge in [-0.25, -0.2) is 0 Å². The fourth-order valence-electron chi connectivity index (χ4n) is 1.38. The number of nitrogens with zero attached hydrogens (tertiary/aromatic N) is 2. The molecule has 2 aromatic rings. The number of non-ortho nitro benzene ring substituents is 1. The number of nitro groups is 1. The van der Waals surface area contributed by atoms with E-state index in [0.717, 1.165) is 4.47 Å². The van der Waals surface area contributed by atoms with Crippen LogP contribution in [0.4, 0.5) is 5.69 Å². The van der Waals surface area contributed by atoms with Crippen molar-refractivity contribution < 1.29 is 10.0 Å². The van der Waals surface area contributed by atoms with E-state index in [9.17, 15) is 15.2 Å². The van der Waals surface area contributed by atoms with Gasteiger partial charge in [0.1, 0.15) is 5.75 Å². The first kappa shape index (κ1) is 11.5. The smallest absolute Gasteiger partial charge is 0.270 e. The number of hydrogen-bond donors (Lipinski definition) is 1. The standard InChI is InChI=1S/C11H7BrN2O3/c12-7-1-3-10(13-6-7)9-5-8(14(16)17)2-4-11(9)15/h1-6,15H. The summed E-state index contributed by atoms with van der Waals surface area (Å²) in [7, 11) is 0. The predicted molar refractivity (Wildman–Crippen MR) is 65.7 cm³/mol. The Balaban J connectivity index is 2.54. The van der Waals surface area contributed by atoms with Gasteiger partial charge in [0.15, 0.2) is 0 Å². The number of pyridine rings is 1. The maximum Gasteiger partial charge on any atom is 0.270 e. The van der Waals surface area contributed by atoms with Gasteiger partial charge in [0.2, 0.25) is 0 Å². The van der Waals surface area contributed by atoms with Gasteiger partial charge in [-0.2, -0.15) is 0 Å². The summed E-state index contributed by atoms with van der Waals surface area (Å²) in [6, 6.07) is 7.25. The van der Waals surface area contributed by atoms with Crippen molar-refractivity contribution in [1.82, 2.24) is 4.98 Å². The molecule has 2 rings (SSSR count). The van der Waals surface area contributed by atoms with Crippen LogP contribution in [0.5, 0.6) is 5.75 Å². The van der Waals surface area contributed by atoms with Crippen LogP contribution in [0.2, 0.25) is 0 Å². The molecule has 0 fully saturated rings. The van der Waals surface area contributed by atoms with Crippen molar-refractivity contribution in [3.63, 3.8) is 0 Å². The van der Waals surface area contributed by atoms with Crippen LogP contribution in [0, 0.1) is 10.1 Å². The largest absolute Gasteiger partial charge is 0.507 e. The van der Waals surface area contributed by atoms with Gasteiger partial charge in [-0.05, 0) is 34.1 Å². The van der Waals surface area contributed by atoms with Gasteiger partial charge in [0.05, 0.1) is 10.6 Å². The Morgan fingerprint density at radius 3 is 2.65 bits per heavy atom. The molecule has 0 aliphatic heterocycles. The zero-order chi connectivity index (χ0) is 12.4. The van der Waals surface area contributed by atoms with E-state index >= 15 is 0 Å². The molecule has 6 heteroatoms. The maximum absolute atomic E-state index is 10.6. The number of phenols is 1. The van der Waals surface area contributed by atoms with Gasteiger partial charge in [-0.1, -0.05) is 0 Å². The minimum atomic E-state index is -0.512. The number of halogens is 1. The van der Waals surface area contributed by atoms with Crippen LogP contribution in [0.25, 0.3) is 11.3 Å². The minimum absolute atomic E-state index is 0.0366. The number of hydrogen-bond acceptors (Lipinski definition) is 4. The predicted octanol–water partition coefficient (Wildman–Crippen LogP) is 3.12. The first-order valence-electron chi connectivity index (χ1n) is 4.67. The molecule has 0 radical (unpaired) electrons. The number of aromatic nitrogens is 1. The Labute approximate surface area is 105 Å². The van der Waals surface area contributed by atoms with Gasteiger partial charge in [0.25, 0.3) is 5.69 Å². The molecule has 0 spiro atoms. The average Bonchev–Trinajstić information content (AvgIpc) is 2.31. The van der Waals surface area contributed by atoms with E-state index < -0.39 is 4.92 Å². The molecule has 0 amide bonds.